The molecule has 20 heavy (non-hydrogen) atoms. The van der Waals surface area contributed by atoms with E-state index in [1.165, 1.54) is 18.5 Å². The second-order valence-corrected chi connectivity index (χ2v) is 5.94. The number of benzene rings is 1. The summed E-state index contributed by atoms with van der Waals surface area (Å²) in [6.45, 7) is 11.8. The molecule has 112 valence electrons. The van der Waals surface area contributed by atoms with E-state index in [0.29, 0.717) is 5.75 Å². The number of anilines is 1. The van der Waals surface area contributed by atoms with Gasteiger partial charge in [-0.2, -0.15) is 0 Å². The summed E-state index contributed by atoms with van der Waals surface area (Å²) in [7, 11) is 0. The quantitative estimate of drug-likeness (QED) is 0.892. The van der Waals surface area contributed by atoms with E-state index in [2.05, 4.69) is 36.6 Å². The molecule has 1 aromatic rings. The zero-order chi connectivity index (χ0) is 14.5. The molecule has 0 bridgehead atoms. The van der Waals surface area contributed by atoms with Gasteiger partial charge in [-0.05, 0) is 63.9 Å². The minimum absolute atomic E-state index is 0.430. The van der Waals surface area contributed by atoms with E-state index in [0.717, 1.165) is 44.2 Å². The first kappa shape index (κ1) is 15.2. The molecule has 1 heterocycles. The van der Waals surface area contributed by atoms with Crippen molar-refractivity contribution >= 4 is 5.69 Å². The highest BCUT2D eigenvalue weighted by atomic mass is 16.3. The van der Waals surface area contributed by atoms with Gasteiger partial charge in [0.2, 0.25) is 0 Å². The van der Waals surface area contributed by atoms with Crippen molar-refractivity contribution in [2.24, 2.45) is 5.92 Å². The maximum Gasteiger partial charge on any atom is 0.120 e. The monoisotopic (exact) mass is 276 g/mol. The third kappa shape index (κ3) is 3.66. The molecule has 0 saturated carbocycles. The Bertz CT molecular complexity index is 421. The first-order valence-electron chi connectivity index (χ1n) is 7.93. The van der Waals surface area contributed by atoms with E-state index in [-0.39, 0.29) is 0 Å². The highest BCUT2D eigenvalue weighted by Crippen LogP contribution is 2.27. The zero-order valence-electron chi connectivity index (χ0n) is 13.1. The van der Waals surface area contributed by atoms with Crippen molar-refractivity contribution in [1.29, 1.82) is 0 Å². The summed E-state index contributed by atoms with van der Waals surface area (Å²) in [6, 6.07) is 6.01. The van der Waals surface area contributed by atoms with Crippen LogP contribution in [0.15, 0.2) is 18.2 Å². The van der Waals surface area contributed by atoms with Crippen molar-refractivity contribution in [2.45, 2.75) is 40.2 Å². The second-order valence-electron chi connectivity index (χ2n) is 5.94. The van der Waals surface area contributed by atoms with Gasteiger partial charge < -0.3 is 10.0 Å². The first-order valence-corrected chi connectivity index (χ1v) is 7.93. The topological polar surface area (TPSA) is 26.7 Å². The van der Waals surface area contributed by atoms with Gasteiger partial charge in [0.05, 0.1) is 0 Å². The van der Waals surface area contributed by atoms with Crippen LogP contribution < -0.4 is 4.90 Å². The Morgan fingerprint density at radius 3 is 2.45 bits per heavy atom. The van der Waals surface area contributed by atoms with Gasteiger partial charge in [0.15, 0.2) is 0 Å². The number of nitrogens with zero attached hydrogens (tertiary/aromatic N) is 2. The molecule has 1 aromatic carbocycles. The van der Waals surface area contributed by atoms with Gasteiger partial charge in [0, 0.05) is 30.9 Å². The Hall–Kier alpha value is -1.22. The number of rotatable bonds is 5. The molecule has 1 N–H and O–H groups in total. The summed E-state index contributed by atoms with van der Waals surface area (Å²) in [6.07, 6.45) is 2.55. The van der Waals surface area contributed by atoms with Crippen LogP contribution in [0, 0.1) is 5.92 Å². The van der Waals surface area contributed by atoms with Crippen molar-refractivity contribution < 1.29 is 5.11 Å². The predicted octanol–water partition coefficient (Wildman–Crippen LogP) is 3.47. The summed E-state index contributed by atoms with van der Waals surface area (Å²) in [4.78, 5) is 4.78. The number of piperidine rings is 1. The normalized spacial score (nSPS) is 17.4. The average molecular weight is 276 g/mol. The largest absolute Gasteiger partial charge is 0.508 e. The van der Waals surface area contributed by atoms with Gasteiger partial charge in [0.25, 0.3) is 0 Å². The van der Waals surface area contributed by atoms with E-state index in [9.17, 15) is 5.11 Å². The number of hydrogen-bond donors (Lipinski definition) is 1. The molecule has 1 fully saturated rings. The smallest absolute Gasteiger partial charge is 0.120 e. The van der Waals surface area contributed by atoms with Crippen LogP contribution in [-0.4, -0.2) is 36.2 Å². The molecule has 1 aliphatic rings. The van der Waals surface area contributed by atoms with Crippen molar-refractivity contribution in [2.75, 3.05) is 31.1 Å². The minimum atomic E-state index is 0.430. The fraction of sp³-hybridized carbons (Fsp3) is 0.647. The van der Waals surface area contributed by atoms with Crippen LogP contribution in [0.4, 0.5) is 5.69 Å². The Morgan fingerprint density at radius 2 is 1.85 bits per heavy atom. The van der Waals surface area contributed by atoms with Crippen molar-refractivity contribution in [3.05, 3.63) is 23.8 Å². The van der Waals surface area contributed by atoms with Crippen LogP contribution in [0.3, 0.4) is 0 Å². The third-order valence-corrected chi connectivity index (χ3v) is 4.46. The fourth-order valence-electron chi connectivity index (χ4n) is 2.95. The SMILES string of the molecule is CCN(CC)c1ccc(O)c(CN2CCC(C)CC2)c1. The lowest BCUT2D eigenvalue weighted by Gasteiger charge is -2.30. The Balaban J connectivity index is 2.08. The number of aromatic hydroxyl groups is 1. The maximum absolute atomic E-state index is 10.1. The molecule has 0 atom stereocenters. The molecule has 0 aromatic heterocycles. The summed E-state index contributed by atoms with van der Waals surface area (Å²) < 4.78 is 0. The summed E-state index contributed by atoms with van der Waals surface area (Å²) >= 11 is 0. The molecule has 0 radical (unpaired) electrons. The molecule has 3 heteroatoms. The maximum atomic E-state index is 10.1. The third-order valence-electron chi connectivity index (χ3n) is 4.46. The standard InChI is InChI=1S/C17H28N2O/c1-4-19(5-2)16-6-7-17(20)15(12-16)13-18-10-8-14(3)9-11-18/h6-7,12,14,20H,4-5,8-11,13H2,1-3H3. The van der Waals surface area contributed by atoms with E-state index in [1.54, 1.807) is 0 Å². The molecule has 3 nitrogen and oxygen atoms in total. The minimum Gasteiger partial charge on any atom is -0.508 e. The van der Waals surface area contributed by atoms with Crippen molar-refractivity contribution in [3.63, 3.8) is 0 Å². The predicted molar refractivity (Wildman–Crippen MR) is 85.3 cm³/mol. The van der Waals surface area contributed by atoms with E-state index in [1.807, 2.05) is 12.1 Å². The summed E-state index contributed by atoms with van der Waals surface area (Å²) in [5.41, 5.74) is 2.28. The zero-order valence-corrected chi connectivity index (χ0v) is 13.1. The van der Waals surface area contributed by atoms with Crippen LogP contribution in [0.5, 0.6) is 5.75 Å². The van der Waals surface area contributed by atoms with E-state index < -0.39 is 0 Å². The molecule has 1 aliphatic heterocycles. The molecule has 0 amide bonds. The van der Waals surface area contributed by atoms with Crippen LogP contribution in [0.1, 0.15) is 39.2 Å². The van der Waals surface area contributed by atoms with Crippen molar-refractivity contribution in [3.8, 4) is 5.75 Å². The highest BCUT2D eigenvalue weighted by molar-refractivity contribution is 5.52. The average Bonchev–Trinajstić information content (AvgIpc) is 2.46. The van der Waals surface area contributed by atoms with E-state index in [4.69, 9.17) is 0 Å². The molecule has 0 aliphatic carbocycles. The second kappa shape index (κ2) is 6.98. The first-order chi connectivity index (χ1) is 9.63. The van der Waals surface area contributed by atoms with Gasteiger partial charge in [-0.1, -0.05) is 6.92 Å². The lowest BCUT2D eigenvalue weighted by atomic mass is 9.98. The molecular formula is C17H28N2O. The lowest BCUT2D eigenvalue weighted by molar-refractivity contribution is 0.183. The fourth-order valence-corrected chi connectivity index (χ4v) is 2.95. The Labute approximate surface area is 123 Å². The molecule has 1 saturated heterocycles. The number of phenolic OH excluding ortho intramolecular Hbond substituents is 1. The summed E-state index contributed by atoms with van der Waals surface area (Å²) in [5, 5.41) is 10.1. The van der Waals surface area contributed by atoms with Crippen molar-refractivity contribution in [1.82, 2.24) is 4.90 Å². The molecule has 2 rings (SSSR count). The van der Waals surface area contributed by atoms with Crippen LogP contribution in [0.2, 0.25) is 0 Å². The Morgan fingerprint density at radius 1 is 1.20 bits per heavy atom. The molecular weight excluding hydrogens is 248 g/mol. The molecule has 0 unspecified atom stereocenters. The van der Waals surface area contributed by atoms with Gasteiger partial charge in [-0.3, -0.25) is 4.90 Å². The number of hydrogen-bond acceptors (Lipinski definition) is 3. The van der Waals surface area contributed by atoms with Gasteiger partial charge >= 0.3 is 0 Å². The lowest BCUT2D eigenvalue weighted by Crippen LogP contribution is -2.32. The number of likely N-dealkylation sites (tertiary alicyclic amines) is 1. The Kier molecular flexibility index (Phi) is 5.30. The highest BCUT2D eigenvalue weighted by Gasteiger charge is 2.17. The van der Waals surface area contributed by atoms with Gasteiger partial charge in [-0.25, -0.2) is 0 Å². The number of phenols is 1. The summed E-state index contributed by atoms with van der Waals surface area (Å²) in [5.74, 6) is 1.28. The van der Waals surface area contributed by atoms with Gasteiger partial charge in [-0.15, -0.1) is 0 Å². The van der Waals surface area contributed by atoms with E-state index >= 15 is 0 Å². The van der Waals surface area contributed by atoms with Crippen LogP contribution in [-0.2, 0) is 6.54 Å². The van der Waals surface area contributed by atoms with Gasteiger partial charge in [0.1, 0.15) is 5.75 Å². The van der Waals surface area contributed by atoms with Crippen LogP contribution >= 0.6 is 0 Å². The van der Waals surface area contributed by atoms with Crippen LogP contribution in [0.25, 0.3) is 0 Å². The molecule has 0 spiro atoms.